The Balaban J connectivity index is 0.000000518. The Hall–Kier alpha value is -2.71. The first-order valence-electron chi connectivity index (χ1n) is 10.2. The summed E-state index contributed by atoms with van der Waals surface area (Å²) in [4.78, 5) is 10.7. The zero-order chi connectivity index (χ0) is 27.1. The van der Waals surface area contributed by atoms with E-state index in [0.717, 1.165) is 24.3 Å². The molecule has 0 radical (unpaired) electrons. The summed E-state index contributed by atoms with van der Waals surface area (Å²) in [7, 11) is -4.41. The number of ether oxygens (including phenoxy) is 1. The van der Waals surface area contributed by atoms with E-state index in [0.29, 0.717) is 6.07 Å². The Morgan fingerprint density at radius 1 is 0.886 bits per heavy atom. The number of alkyl halides is 3. The Kier molecular flexibility index (Phi) is 10.7. The molecule has 4 atom stereocenters. The molecule has 0 saturated heterocycles. The summed E-state index contributed by atoms with van der Waals surface area (Å²) in [6.45, 7) is 5.74. The lowest BCUT2D eigenvalue weighted by atomic mass is 10.2. The van der Waals surface area contributed by atoms with Crippen molar-refractivity contribution in [3.63, 3.8) is 0 Å². The van der Waals surface area contributed by atoms with Gasteiger partial charge in [-0.1, -0.05) is 12.1 Å². The Bertz CT molecular complexity index is 1050. The molecule has 0 heterocycles. The van der Waals surface area contributed by atoms with Crippen LogP contribution in [0, 0.1) is 0 Å². The van der Waals surface area contributed by atoms with E-state index in [2.05, 4.69) is 0 Å². The Morgan fingerprint density at radius 3 is 1.71 bits per heavy atom. The molecule has 4 N–H and O–H groups in total. The zero-order valence-corrected chi connectivity index (χ0v) is 20.2. The summed E-state index contributed by atoms with van der Waals surface area (Å²) < 4.78 is 69.2. The highest BCUT2D eigenvalue weighted by molar-refractivity contribution is 7.91. The molecule has 2 rings (SSSR count). The second-order valence-corrected chi connectivity index (χ2v) is 9.33. The number of aliphatic hydroxyl groups excluding tert-OH is 3. The third kappa shape index (κ3) is 8.47. The van der Waals surface area contributed by atoms with Crippen molar-refractivity contribution >= 4 is 15.8 Å². The van der Waals surface area contributed by atoms with Crippen LogP contribution in [0.5, 0.6) is 5.75 Å². The second-order valence-electron chi connectivity index (χ2n) is 7.41. The van der Waals surface area contributed by atoms with E-state index in [4.69, 9.17) is 25.2 Å². The molecule has 9 nitrogen and oxygen atoms in total. The first kappa shape index (κ1) is 30.3. The van der Waals surface area contributed by atoms with Crippen LogP contribution in [0.2, 0.25) is 0 Å². The Morgan fingerprint density at radius 2 is 1.34 bits per heavy atom. The van der Waals surface area contributed by atoms with Gasteiger partial charge in [-0.25, -0.2) is 18.1 Å². The van der Waals surface area contributed by atoms with Gasteiger partial charge in [0.05, 0.1) is 15.4 Å². The van der Waals surface area contributed by atoms with Crippen LogP contribution >= 0.6 is 0 Å². The molecule has 196 valence electrons. The van der Waals surface area contributed by atoms with E-state index < -0.39 is 57.2 Å². The van der Waals surface area contributed by atoms with Crippen LogP contribution in [0.25, 0.3) is 0 Å². The monoisotopic (exact) mass is 523 g/mol. The molecular weight excluding hydrogens is 495 g/mol. The number of hydrogen-bond acceptors (Lipinski definition) is 8. The number of hydrogen-bond donors (Lipinski definition) is 4. The van der Waals surface area contributed by atoms with Crippen molar-refractivity contribution in [1.82, 2.24) is 4.90 Å². The highest BCUT2D eigenvalue weighted by Crippen LogP contribution is 2.36. The van der Waals surface area contributed by atoms with Gasteiger partial charge in [-0.05, 0) is 64.1 Å². The van der Waals surface area contributed by atoms with Crippen molar-refractivity contribution in [3.05, 3.63) is 54.1 Å². The van der Waals surface area contributed by atoms with E-state index in [-0.39, 0.29) is 10.6 Å². The molecule has 4 unspecified atom stereocenters. The molecule has 0 bridgehead atoms. The standard InChI is InChI=1S/C16H13F3O5S.C6H15NO3/c1-10(15(20)21)24-11-6-8-12(9-7-11)25(22,23)14-5-3-2-4-13(14)16(17,18)19;1-4(8)7(5(2)9)6(3)10/h2-10H,1H3,(H,20,21);4-6,8-10H,1-3H3. The van der Waals surface area contributed by atoms with Gasteiger partial charge in [0.25, 0.3) is 0 Å². The summed E-state index contributed by atoms with van der Waals surface area (Å²) in [6.07, 6.45) is -8.47. The maximum atomic E-state index is 13.0. The van der Waals surface area contributed by atoms with Crippen molar-refractivity contribution in [2.24, 2.45) is 0 Å². The van der Waals surface area contributed by atoms with Crippen LogP contribution in [0.15, 0.2) is 58.3 Å². The molecule has 0 saturated carbocycles. The van der Waals surface area contributed by atoms with Gasteiger partial charge in [0, 0.05) is 0 Å². The molecule has 2 aromatic rings. The van der Waals surface area contributed by atoms with Gasteiger partial charge < -0.3 is 25.2 Å². The number of carboxylic acid groups (broad SMARTS) is 1. The minimum Gasteiger partial charge on any atom is -0.479 e. The molecule has 0 aliphatic heterocycles. The molecule has 35 heavy (non-hydrogen) atoms. The molecular formula is C22H28F3NO8S. The fourth-order valence-electron chi connectivity index (χ4n) is 2.95. The lowest BCUT2D eigenvalue weighted by Crippen LogP contribution is -2.45. The number of aliphatic hydroxyl groups is 3. The van der Waals surface area contributed by atoms with Gasteiger partial charge in [0.2, 0.25) is 9.84 Å². The van der Waals surface area contributed by atoms with E-state index in [1.54, 1.807) is 0 Å². The van der Waals surface area contributed by atoms with Crippen LogP contribution in [0.3, 0.4) is 0 Å². The van der Waals surface area contributed by atoms with Crippen molar-refractivity contribution in [2.45, 2.75) is 68.4 Å². The zero-order valence-electron chi connectivity index (χ0n) is 19.3. The fourth-order valence-corrected chi connectivity index (χ4v) is 4.43. The summed E-state index contributed by atoms with van der Waals surface area (Å²) in [5.74, 6) is -1.13. The van der Waals surface area contributed by atoms with Crippen LogP contribution in [-0.2, 0) is 20.8 Å². The highest BCUT2D eigenvalue weighted by Gasteiger charge is 2.37. The number of carboxylic acids is 1. The minimum absolute atomic E-state index is 0.0814. The lowest BCUT2D eigenvalue weighted by Gasteiger charge is -2.30. The fraction of sp³-hybridized carbons (Fsp3) is 0.409. The molecule has 0 spiro atoms. The van der Waals surface area contributed by atoms with Crippen molar-refractivity contribution in [3.8, 4) is 5.75 Å². The lowest BCUT2D eigenvalue weighted by molar-refractivity contribution is -0.159. The molecule has 13 heteroatoms. The molecule has 0 aliphatic rings. The normalized spacial score (nSPS) is 15.4. The number of rotatable bonds is 8. The quantitative estimate of drug-likeness (QED) is 0.384. The van der Waals surface area contributed by atoms with Crippen molar-refractivity contribution < 1.29 is 51.5 Å². The number of benzene rings is 2. The number of halogens is 3. The van der Waals surface area contributed by atoms with Crippen molar-refractivity contribution in [2.75, 3.05) is 0 Å². The predicted octanol–water partition coefficient (Wildman–Crippen LogP) is 2.69. The van der Waals surface area contributed by atoms with Crippen LogP contribution in [0.1, 0.15) is 33.3 Å². The van der Waals surface area contributed by atoms with Crippen molar-refractivity contribution in [1.29, 1.82) is 0 Å². The highest BCUT2D eigenvalue weighted by atomic mass is 32.2. The largest absolute Gasteiger partial charge is 0.479 e. The van der Waals surface area contributed by atoms with Gasteiger partial charge in [0.1, 0.15) is 24.4 Å². The Labute approximate surface area is 200 Å². The molecule has 0 aliphatic carbocycles. The van der Waals surface area contributed by atoms with Gasteiger partial charge in [-0.2, -0.15) is 13.2 Å². The van der Waals surface area contributed by atoms with Crippen LogP contribution in [-0.4, -0.2) is 64.5 Å². The van der Waals surface area contributed by atoms with E-state index in [9.17, 15) is 26.4 Å². The first-order chi connectivity index (χ1) is 16.0. The van der Waals surface area contributed by atoms with E-state index in [1.807, 2.05) is 0 Å². The second kappa shape index (κ2) is 12.3. The van der Waals surface area contributed by atoms with Gasteiger partial charge in [0.15, 0.2) is 6.10 Å². The van der Waals surface area contributed by atoms with Gasteiger partial charge in [-0.3, -0.25) is 0 Å². The molecule has 0 amide bonds. The molecule has 2 aromatic carbocycles. The summed E-state index contributed by atoms with van der Waals surface area (Å²) in [6, 6.07) is 8.37. The smallest absolute Gasteiger partial charge is 0.417 e. The van der Waals surface area contributed by atoms with Gasteiger partial charge >= 0.3 is 12.1 Å². The predicted molar refractivity (Wildman–Crippen MR) is 118 cm³/mol. The topological polar surface area (TPSA) is 145 Å². The van der Waals surface area contributed by atoms with E-state index in [1.165, 1.54) is 50.8 Å². The number of carbonyl (C=O) groups is 1. The number of aliphatic carboxylic acids is 1. The average Bonchev–Trinajstić information content (AvgIpc) is 2.73. The van der Waals surface area contributed by atoms with Gasteiger partial charge in [-0.15, -0.1) is 0 Å². The maximum Gasteiger partial charge on any atom is 0.417 e. The van der Waals surface area contributed by atoms with Crippen LogP contribution in [0.4, 0.5) is 13.2 Å². The summed E-state index contributed by atoms with van der Waals surface area (Å²) >= 11 is 0. The molecule has 0 fully saturated rings. The van der Waals surface area contributed by atoms with Crippen LogP contribution < -0.4 is 4.74 Å². The minimum atomic E-state index is -4.82. The number of nitrogens with zero attached hydrogens (tertiary/aromatic N) is 1. The SMILES string of the molecule is CC(O)N(C(C)O)C(C)O.CC(Oc1ccc(S(=O)(=O)c2ccccc2C(F)(F)F)cc1)C(=O)O. The maximum absolute atomic E-state index is 13.0. The average molecular weight is 524 g/mol. The molecule has 0 aromatic heterocycles. The third-order valence-electron chi connectivity index (χ3n) is 4.57. The van der Waals surface area contributed by atoms with E-state index >= 15 is 0 Å². The third-order valence-corrected chi connectivity index (χ3v) is 6.40. The summed E-state index contributed by atoms with van der Waals surface area (Å²) in [5.41, 5.74) is -1.25. The summed E-state index contributed by atoms with van der Waals surface area (Å²) in [5, 5.41) is 35.6. The first-order valence-corrected chi connectivity index (χ1v) is 11.7. The number of sulfone groups is 1.